The van der Waals surface area contributed by atoms with Crippen molar-refractivity contribution >= 4 is 17.8 Å². The van der Waals surface area contributed by atoms with E-state index >= 15 is 0 Å². The maximum atomic E-state index is 12.4. The fourth-order valence-corrected chi connectivity index (χ4v) is 2.82. The standard InChI is InChI=1S/C22H23N3O3/c1-16-13-21(25(24-16)15-18-7-5-4-6-8-18)23-22(26)12-10-17-9-11-19(27-2)20(14-17)28-3/h4-14H,15H2,1-3H3,(H,23,26)/b12-10+. The molecule has 3 rings (SSSR count). The van der Waals surface area contributed by atoms with Crippen LogP contribution in [0.15, 0.2) is 60.7 Å². The van der Waals surface area contributed by atoms with E-state index in [0.29, 0.717) is 23.9 Å². The van der Waals surface area contributed by atoms with Gasteiger partial charge in [-0.2, -0.15) is 5.10 Å². The molecule has 0 aliphatic heterocycles. The van der Waals surface area contributed by atoms with Crippen molar-refractivity contribution in [2.45, 2.75) is 13.5 Å². The molecule has 6 nitrogen and oxygen atoms in total. The van der Waals surface area contributed by atoms with Gasteiger partial charge in [-0.15, -0.1) is 0 Å². The predicted molar refractivity (Wildman–Crippen MR) is 110 cm³/mol. The van der Waals surface area contributed by atoms with Crippen LogP contribution in [0, 0.1) is 6.92 Å². The van der Waals surface area contributed by atoms with Gasteiger partial charge in [-0.1, -0.05) is 36.4 Å². The number of rotatable bonds is 7. The molecule has 28 heavy (non-hydrogen) atoms. The molecule has 0 aliphatic rings. The van der Waals surface area contributed by atoms with Gasteiger partial charge in [0, 0.05) is 12.1 Å². The van der Waals surface area contributed by atoms with Gasteiger partial charge in [0.05, 0.1) is 26.5 Å². The van der Waals surface area contributed by atoms with Crippen molar-refractivity contribution in [3.05, 3.63) is 77.5 Å². The smallest absolute Gasteiger partial charge is 0.249 e. The zero-order valence-electron chi connectivity index (χ0n) is 16.2. The van der Waals surface area contributed by atoms with Gasteiger partial charge in [-0.3, -0.25) is 4.79 Å². The number of nitrogens with one attached hydrogen (secondary N) is 1. The second kappa shape index (κ2) is 8.90. The van der Waals surface area contributed by atoms with Crippen LogP contribution >= 0.6 is 0 Å². The Morgan fingerprint density at radius 3 is 2.54 bits per heavy atom. The number of carbonyl (C=O) groups is 1. The van der Waals surface area contributed by atoms with E-state index in [4.69, 9.17) is 9.47 Å². The number of carbonyl (C=O) groups excluding carboxylic acids is 1. The van der Waals surface area contributed by atoms with E-state index in [-0.39, 0.29) is 5.91 Å². The average molecular weight is 377 g/mol. The summed E-state index contributed by atoms with van der Waals surface area (Å²) >= 11 is 0. The average Bonchev–Trinajstić information content (AvgIpc) is 3.05. The van der Waals surface area contributed by atoms with E-state index in [1.54, 1.807) is 31.0 Å². The van der Waals surface area contributed by atoms with E-state index < -0.39 is 0 Å². The molecule has 1 N–H and O–H groups in total. The zero-order valence-corrected chi connectivity index (χ0v) is 16.2. The summed E-state index contributed by atoms with van der Waals surface area (Å²) in [6, 6.07) is 17.3. The molecule has 2 aromatic carbocycles. The molecule has 1 amide bonds. The lowest BCUT2D eigenvalue weighted by atomic mass is 10.2. The Morgan fingerprint density at radius 1 is 1.07 bits per heavy atom. The highest BCUT2D eigenvalue weighted by Gasteiger charge is 2.09. The lowest BCUT2D eigenvalue weighted by molar-refractivity contribution is -0.111. The number of hydrogen-bond acceptors (Lipinski definition) is 4. The van der Waals surface area contributed by atoms with Gasteiger partial charge < -0.3 is 14.8 Å². The Hall–Kier alpha value is -3.54. The van der Waals surface area contributed by atoms with Crippen LogP contribution in [0.25, 0.3) is 6.08 Å². The van der Waals surface area contributed by atoms with Crippen molar-refractivity contribution in [1.29, 1.82) is 0 Å². The highest BCUT2D eigenvalue weighted by molar-refractivity contribution is 6.01. The SMILES string of the molecule is COc1ccc(/C=C/C(=O)Nc2cc(C)nn2Cc2ccccc2)cc1OC. The summed E-state index contributed by atoms with van der Waals surface area (Å²) in [6.45, 7) is 2.49. The minimum Gasteiger partial charge on any atom is -0.493 e. The molecule has 0 atom stereocenters. The third kappa shape index (κ3) is 4.79. The number of methoxy groups -OCH3 is 2. The Bertz CT molecular complexity index is 978. The number of hydrogen-bond donors (Lipinski definition) is 1. The molecule has 0 unspecified atom stereocenters. The number of aryl methyl sites for hydroxylation is 1. The predicted octanol–water partition coefficient (Wildman–Crippen LogP) is 3.91. The highest BCUT2D eigenvalue weighted by Crippen LogP contribution is 2.28. The van der Waals surface area contributed by atoms with Gasteiger partial charge >= 0.3 is 0 Å². The van der Waals surface area contributed by atoms with Crippen LogP contribution < -0.4 is 14.8 Å². The molecular formula is C22H23N3O3. The lowest BCUT2D eigenvalue weighted by Crippen LogP contribution is -2.13. The minimum absolute atomic E-state index is 0.232. The molecule has 0 spiro atoms. The Balaban J connectivity index is 1.71. The van der Waals surface area contributed by atoms with Crippen LogP contribution in [0.1, 0.15) is 16.8 Å². The molecule has 0 radical (unpaired) electrons. The molecule has 1 heterocycles. The van der Waals surface area contributed by atoms with Crippen molar-refractivity contribution in [3.8, 4) is 11.5 Å². The Labute approximate surface area is 164 Å². The summed E-state index contributed by atoms with van der Waals surface area (Å²) in [7, 11) is 3.16. The van der Waals surface area contributed by atoms with Gasteiger partial charge in [-0.05, 0) is 36.3 Å². The lowest BCUT2D eigenvalue weighted by Gasteiger charge is -2.08. The number of anilines is 1. The molecule has 0 fully saturated rings. The first-order valence-electron chi connectivity index (χ1n) is 8.88. The van der Waals surface area contributed by atoms with Crippen LogP contribution in [-0.4, -0.2) is 29.9 Å². The van der Waals surface area contributed by atoms with Crippen LogP contribution in [0.3, 0.4) is 0 Å². The van der Waals surface area contributed by atoms with Gasteiger partial charge in [0.2, 0.25) is 5.91 Å². The zero-order chi connectivity index (χ0) is 19.9. The second-order valence-electron chi connectivity index (χ2n) is 6.25. The van der Waals surface area contributed by atoms with Crippen molar-refractivity contribution in [3.63, 3.8) is 0 Å². The summed E-state index contributed by atoms with van der Waals surface area (Å²) in [4.78, 5) is 12.4. The van der Waals surface area contributed by atoms with Crippen molar-refractivity contribution in [1.82, 2.24) is 9.78 Å². The van der Waals surface area contributed by atoms with Crippen molar-refractivity contribution in [2.75, 3.05) is 19.5 Å². The van der Waals surface area contributed by atoms with Gasteiger partial charge in [-0.25, -0.2) is 4.68 Å². The maximum absolute atomic E-state index is 12.4. The van der Waals surface area contributed by atoms with Crippen LogP contribution in [0.2, 0.25) is 0 Å². The fraction of sp³-hybridized carbons (Fsp3) is 0.182. The van der Waals surface area contributed by atoms with E-state index in [2.05, 4.69) is 10.4 Å². The van der Waals surface area contributed by atoms with E-state index in [0.717, 1.165) is 16.8 Å². The largest absolute Gasteiger partial charge is 0.493 e. The van der Waals surface area contributed by atoms with Crippen LogP contribution in [-0.2, 0) is 11.3 Å². The monoisotopic (exact) mass is 377 g/mol. The first kappa shape index (κ1) is 19.2. The Morgan fingerprint density at radius 2 is 1.82 bits per heavy atom. The summed E-state index contributed by atoms with van der Waals surface area (Å²) < 4.78 is 12.3. The van der Waals surface area contributed by atoms with Crippen molar-refractivity contribution in [2.24, 2.45) is 0 Å². The van der Waals surface area contributed by atoms with Gasteiger partial charge in [0.25, 0.3) is 0 Å². The van der Waals surface area contributed by atoms with E-state index in [1.165, 1.54) is 6.08 Å². The fourth-order valence-electron chi connectivity index (χ4n) is 2.82. The van der Waals surface area contributed by atoms with Crippen molar-refractivity contribution < 1.29 is 14.3 Å². The summed E-state index contributed by atoms with van der Waals surface area (Å²) in [5.41, 5.74) is 2.79. The third-order valence-electron chi connectivity index (χ3n) is 4.16. The molecule has 144 valence electrons. The second-order valence-corrected chi connectivity index (χ2v) is 6.25. The van der Waals surface area contributed by atoms with Gasteiger partial charge in [0.1, 0.15) is 5.82 Å². The van der Waals surface area contributed by atoms with Crippen LogP contribution in [0.4, 0.5) is 5.82 Å². The summed E-state index contributed by atoms with van der Waals surface area (Å²) in [5, 5.41) is 7.36. The topological polar surface area (TPSA) is 65.4 Å². The molecule has 0 saturated carbocycles. The number of aromatic nitrogens is 2. The first-order chi connectivity index (χ1) is 13.6. The van der Waals surface area contributed by atoms with Gasteiger partial charge in [0.15, 0.2) is 11.5 Å². The normalized spacial score (nSPS) is 10.8. The molecule has 0 aliphatic carbocycles. The minimum atomic E-state index is -0.232. The van der Waals surface area contributed by atoms with E-state index in [1.807, 2.05) is 55.5 Å². The molecule has 1 aromatic heterocycles. The first-order valence-corrected chi connectivity index (χ1v) is 8.88. The molecular weight excluding hydrogens is 354 g/mol. The quantitative estimate of drug-likeness (QED) is 0.634. The number of ether oxygens (including phenoxy) is 2. The van der Waals surface area contributed by atoms with E-state index in [9.17, 15) is 4.79 Å². The third-order valence-corrected chi connectivity index (χ3v) is 4.16. The summed E-state index contributed by atoms with van der Waals surface area (Å²) in [5.74, 6) is 1.68. The number of benzene rings is 2. The Kier molecular flexibility index (Phi) is 6.11. The number of nitrogens with zero attached hydrogens (tertiary/aromatic N) is 2. The maximum Gasteiger partial charge on any atom is 0.249 e. The number of amides is 1. The summed E-state index contributed by atoms with van der Waals surface area (Å²) in [6.07, 6.45) is 3.21. The molecule has 3 aromatic rings. The van der Waals surface area contributed by atoms with Crippen LogP contribution in [0.5, 0.6) is 11.5 Å². The molecule has 6 heteroatoms. The molecule has 0 bridgehead atoms. The highest BCUT2D eigenvalue weighted by atomic mass is 16.5. The molecule has 0 saturated heterocycles.